The van der Waals surface area contributed by atoms with E-state index in [1.54, 1.807) is 19.1 Å². The molecule has 5 nitrogen and oxygen atoms in total. The lowest BCUT2D eigenvalue weighted by molar-refractivity contribution is 0.0526. The van der Waals surface area contributed by atoms with Gasteiger partial charge in [-0.15, -0.1) is 0 Å². The van der Waals surface area contributed by atoms with Gasteiger partial charge in [0.25, 0.3) is 0 Å². The average Bonchev–Trinajstić information content (AvgIpc) is 2.30. The Hall–Kier alpha value is -1.62. The third-order valence-corrected chi connectivity index (χ3v) is 2.25. The van der Waals surface area contributed by atoms with Gasteiger partial charge in [-0.3, -0.25) is 0 Å². The van der Waals surface area contributed by atoms with Gasteiger partial charge in [-0.1, -0.05) is 0 Å². The van der Waals surface area contributed by atoms with Crippen molar-refractivity contribution >= 4 is 11.8 Å². The van der Waals surface area contributed by atoms with Gasteiger partial charge >= 0.3 is 5.97 Å². The topological polar surface area (TPSA) is 77.2 Å². The summed E-state index contributed by atoms with van der Waals surface area (Å²) in [7, 11) is 0. The number of carbonyl (C=O) groups is 1. The van der Waals surface area contributed by atoms with Crippen molar-refractivity contribution < 1.29 is 9.53 Å². The van der Waals surface area contributed by atoms with Crippen LogP contribution >= 0.6 is 0 Å². The minimum absolute atomic E-state index is 0.224. The fraction of sp³-hybridized carbons (Fsp3) is 0.500. The van der Waals surface area contributed by atoms with E-state index in [0.29, 0.717) is 24.5 Å². The molecule has 0 aromatic carbocycles. The second-order valence-corrected chi connectivity index (χ2v) is 4.37. The Bertz CT molecular complexity index is 374. The summed E-state index contributed by atoms with van der Waals surface area (Å²) in [5, 5.41) is 3.18. The number of hydrogen-bond donors (Lipinski definition) is 2. The maximum atomic E-state index is 11.4. The average molecular weight is 237 g/mol. The number of rotatable bonds is 5. The van der Waals surface area contributed by atoms with Gasteiger partial charge in [0.1, 0.15) is 5.82 Å². The lowest BCUT2D eigenvalue weighted by atomic mass is 10.1. The molecule has 5 heteroatoms. The highest BCUT2D eigenvalue weighted by atomic mass is 16.5. The first-order valence-electron chi connectivity index (χ1n) is 5.60. The zero-order valence-corrected chi connectivity index (χ0v) is 10.5. The Morgan fingerprint density at radius 2 is 2.24 bits per heavy atom. The molecule has 17 heavy (non-hydrogen) atoms. The van der Waals surface area contributed by atoms with Crippen molar-refractivity contribution in [2.75, 3.05) is 18.5 Å². The van der Waals surface area contributed by atoms with E-state index in [0.717, 1.165) is 0 Å². The minimum atomic E-state index is -0.357. The fourth-order valence-electron chi connectivity index (χ4n) is 1.20. The van der Waals surface area contributed by atoms with Crippen LogP contribution in [0.15, 0.2) is 18.3 Å². The first kappa shape index (κ1) is 13.4. The molecule has 0 atom stereocenters. The van der Waals surface area contributed by atoms with Crippen molar-refractivity contribution in [3.63, 3.8) is 0 Å². The van der Waals surface area contributed by atoms with E-state index in [1.807, 2.05) is 13.8 Å². The molecule has 1 aromatic heterocycles. The number of nitrogens with two attached hydrogens (primary N) is 1. The Labute approximate surface area is 101 Å². The van der Waals surface area contributed by atoms with E-state index in [9.17, 15) is 4.79 Å². The summed E-state index contributed by atoms with van der Waals surface area (Å²) in [5.74, 6) is 0.332. The first-order valence-corrected chi connectivity index (χ1v) is 5.60. The molecule has 0 saturated heterocycles. The van der Waals surface area contributed by atoms with Crippen LogP contribution in [0.5, 0.6) is 0 Å². The number of carbonyl (C=O) groups excluding carboxylic acids is 1. The highest BCUT2D eigenvalue weighted by molar-refractivity contribution is 5.89. The van der Waals surface area contributed by atoms with Crippen LogP contribution in [-0.2, 0) is 4.74 Å². The highest BCUT2D eigenvalue weighted by Gasteiger charge is 2.15. The second kappa shape index (κ2) is 5.63. The molecule has 0 fully saturated rings. The van der Waals surface area contributed by atoms with Gasteiger partial charge in [-0.2, -0.15) is 0 Å². The van der Waals surface area contributed by atoms with Crippen LogP contribution in [0.4, 0.5) is 5.82 Å². The van der Waals surface area contributed by atoms with E-state index in [4.69, 9.17) is 10.5 Å². The van der Waals surface area contributed by atoms with Gasteiger partial charge < -0.3 is 15.8 Å². The van der Waals surface area contributed by atoms with Crippen LogP contribution in [0.3, 0.4) is 0 Å². The van der Waals surface area contributed by atoms with E-state index >= 15 is 0 Å². The van der Waals surface area contributed by atoms with Gasteiger partial charge in [0.15, 0.2) is 0 Å². The van der Waals surface area contributed by atoms with Crippen molar-refractivity contribution in [3.05, 3.63) is 23.9 Å². The number of nitrogens with zero attached hydrogens (tertiary/aromatic N) is 1. The zero-order valence-electron chi connectivity index (χ0n) is 10.5. The molecule has 0 unspecified atom stereocenters. The van der Waals surface area contributed by atoms with Crippen LogP contribution in [0.25, 0.3) is 0 Å². The molecule has 0 saturated carbocycles. The Morgan fingerprint density at radius 1 is 1.53 bits per heavy atom. The van der Waals surface area contributed by atoms with E-state index in [2.05, 4.69) is 10.3 Å². The largest absolute Gasteiger partial charge is 0.462 e. The first-order chi connectivity index (χ1) is 7.98. The molecular formula is C12H19N3O2. The molecule has 94 valence electrons. The predicted molar refractivity (Wildman–Crippen MR) is 66.9 cm³/mol. The molecule has 0 radical (unpaired) electrons. The normalized spacial score (nSPS) is 11.1. The summed E-state index contributed by atoms with van der Waals surface area (Å²) in [4.78, 5) is 15.5. The summed E-state index contributed by atoms with van der Waals surface area (Å²) in [6.45, 7) is 6.58. The highest BCUT2D eigenvalue weighted by Crippen LogP contribution is 2.12. The number of nitrogens with one attached hydrogen (secondary N) is 1. The SMILES string of the molecule is CCOC(=O)c1ccc(NC(C)(C)CN)nc1. The van der Waals surface area contributed by atoms with Crippen LogP contribution in [0, 0.1) is 0 Å². The number of esters is 1. The van der Waals surface area contributed by atoms with Crippen LogP contribution < -0.4 is 11.1 Å². The van der Waals surface area contributed by atoms with Gasteiger partial charge in [0.2, 0.25) is 0 Å². The maximum Gasteiger partial charge on any atom is 0.339 e. The van der Waals surface area contributed by atoms with Crippen molar-refractivity contribution in [2.24, 2.45) is 5.73 Å². The number of ether oxygens (including phenoxy) is 1. The lowest BCUT2D eigenvalue weighted by Gasteiger charge is -2.24. The monoisotopic (exact) mass is 237 g/mol. The molecule has 1 rings (SSSR count). The van der Waals surface area contributed by atoms with Crippen molar-refractivity contribution in [2.45, 2.75) is 26.3 Å². The molecule has 0 bridgehead atoms. The molecule has 3 N–H and O–H groups in total. The van der Waals surface area contributed by atoms with Crippen molar-refractivity contribution in [1.29, 1.82) is 0 Å². The summed E-state index contributed by atoms with van der Waals surface area (Å²) in [5.41, 5.74) is 5.83. The minimum Gasteiger partial charge on any atom is -0.462 e. The van der Waals surface area contributed by atoms with Crippen molar-refractivity contribution in [1.82, 2.24) is 4.98 Å². The third-order valence-electron chi connectivity index (χ3n) is 2.25. The summed E-state index contributed by atoms with van der Waals surface area (Å²) in [6, 6.07) is 3.42. The maximum absolute atomic E-state index is 11.4. The molecule has 0 aliphatic carbocycles. The fourth-order valence-corrected chi connectivity index (χ4v) is 1.20. The van der Waals surface area contributed by atoms with Crippen LogP contribution in [-0.4, -0.2) is 29.6 Å². The van der Waals surface area contributed by atoms with Crippen LogP contribution in [0.1, 0.15) is 31.1 Å². The third kappa shape index (κ3) is 4.03. The Balaban J connectivity index is 2.71. The van der Waals surface area contributed by atoms with E-state index in [-0.39, 0.29) is 11.5 Å². The molecule has 0 amide bonds. The lowest BCUT2D eigenvalue weighted by Crippen LogP contribution is -2.39. The zero-order chi connectivity index (χ0) is 12.9. The number of aromatic nitrogens is 1. The number of pyridine rings is 1. The van der Waals surface area contributed by atoms with E-state index < -0.39 is 0 Å². The number of hydrogen-bond acceptors (Lipinski definition) is 5. The second-order valence-electron chi connectivity index (χ2n) is 4.37. The smallest absolute Gasteiger partial charge is 0.339 e. The summed E-state index contributed by atoms with van der Waals surface area (Å²) >= 11 is 0. The van der Waals surface area contributed by atoms with E-state index in [1.165, 1.54) is 6.20 Å². The quantitative estimate of drug-likeness (QED) is 0.757. The molecule has 1 aromatic rings. The summed E-state index contributed by atoms with van der Waals surface area (Å²) < 4.78 is 4.87. The van der Waals surface area contributed by atoms with Gasteiger partial charge in [-0.25, -0.2) is 9.78 Å². The standard InChI is InChI=1S/C12H19N3O2/c1-4-17-11(16)9-5-6-10(14-7-9)15-12(2,3)8-13/h5-7H,4,8,13H2,1-3H3,(H,14,15). The summed E-state index contributed by atoms with van der Waals surface area (Å²) in [6.07, 6.45) is 1.49. The van der Waals surface area contributed by atoms with Gasteiger partial charge in [0.05, 0.1) is 12.2 Å². The molecule has 0 spiro atoms. The molecule has 1 heterocycles. The molecule has 0 aliphatic rings. The molecule has 0 aliphatic heterocycles. The predicted octanol–water partition coefficient (Wildman–Crippen LogP) is 1.41. The van der Waals surface area contributed by atoms with Crippen LogP contribution in [0.2, 0.25) is 0 Å². The Kier molecular flexibility index (Phi) is 4.45. The van der Waals surface area contributed by atoms with Gasteiger partial charge in [0, 0.05) is 18.3 Å². The van der Waals surface area contributed by atoms with Crippen molar-refractivity contribution in [3.8, 4) is 0 Å². The van der Waals surface area contributed by atoms with Gasteiger partial charge in [-0.05, 0) is 32.9 Å². The molecular weight excluding hydrogens is 218 g/mol. The Morgan fingerprint density at radius 3 is 2.71 bits per heavy atom. The number of anilines is 1.